The molecule has 1 amide bonds. The van der Waals surface area contributed by atoms with Crippen LogP contribution in [0.15, 0.2) is 22.7 Å². The van der Waals surface area contributed by atoms with E-state index in [9.17, 15) is 9.18 Å². The van der Waals surface area contributed by atoms with Crippen LogP contribution in [0.1, 0.15) is 17.3 Å². The van der Waals surface area contributed by atoms with Crippen LogP contribution in [-0.4, -0.2) is 25.5 Å². The molecule has 1 aromatic carbocycles. The molecule has 0 aromatic heterocycles. The maximum atomic E-state index is 12.9. The van der Waals surface area contributed by atoms with Gasteiger partial charge in [-0.3, -0.25) is 4.79 Å². The number of halogens is 2. The first-order chi connectivity index (χ1) is 7.65. The summed E-state index contributed by atoms with van der Waals surface area (Å²) >= 11 is 3.04. The number of carbonyl (C=O) groups excluding carboxylic acids is 1. The second-order valence-electron chi connectivity index (χ2n) is 3.24. The lowest BCUT2D eigenvalue weighted by Crippen LogP contribution is -2.31. The van der Waals surface area contributed by atoms with Gasteiger partial charge in [-0.05, 0) is 40.7 Å². The van der Waals surface area contributed by atoms with Crippen molar-refractivity contribution in [2.75, 3.05) is 19.6 Å². The average Bonchev–Trinajstić information content (AvgIpc) is 2.28. The van der Waals surface area contributed by atoms with Crippen LogP contribution in [0.5, 0.6) is 0 Å². The summed E-state index contributed by atoms with van der Waals surface area (Å²) in [6.45, 7) is 4.16. The molecule has 0 unspecified atom stereocenters. The van der Waals surface area contributed by atoms with Crippen molar-refractivity contribution in [3.05, 3.63) is 34.1 Å². The Hall–Kier alpha value is -0.940. The standard InChI is InChI=1S/C11H14BrFN2O/c1-2-14-5-6-15-11(16)8-3-4-10(13)9(12)7-8/h3-4,7,14H,2,5-6H2,1H3,(H,15,16). The van der Waals surface area contributed by atoms with Gasteiger partial charge in [0.1, 0.15) is 5.82 Å². The first kappa shape index (κ1) is 13.1. The van der Waals surface area contributed by atoms with Gasteiger partial charge in [0.25, 0.3) is 5.91 Å². The van der Waals surface area contributed by atoms with E-state index in [1.54, 1.807) is 0 Å². The molecule has 16 heavy (non-hydrogen) atoms. The highest BCUT2D eigenvalue weighted by Gasteiger charge is 2.07. The Labute approximate surface area is 103 Å². The van der Waals surface area contributed by atoms with Crippen molar-refractivity contribution < 1.29 is 9.18 Å². The fourth-order valence-corrected chi connectivity index (χ4v) is 1.56. The van der Waals surface area contributed by atoms with E-state index in [0.717, 1.165) is 13.1 Å². The third kappa shape index (κ3) is 3.90. The Balaban J connectivity index is 2.50. The molecule has 0 atom stereocenters. The summed E-state index contributed by atoms with van der Waals surface area (Å²) in [6.07, 6.45) is 0. The van der Waals surface area contributed by atoms with Gasteiger partial charge in [0, 0.05) is 18.7 Å². The van der Waals surface area contributed by atoms with Gasteiger partial charge >= 0.3 is 0 Å². The Morgan fingerprint density at radius 2 is 2.19 bits per heavy atom. The molecular formula is C11H14BrFN2O. The third-order valence-electron chi connectivity index (χ3n) is 2.02. The first-order valence-electron chi connectivity index (χ1n) is 5.09. The number of benzene rings is 1. The van der Waals surface area contributed by atoms with Gasteiger partial charge in [0.05, 0.1) is 4.47 Å². The molecule has 0 aliphatic heterocycles. The number of hydrogen-bond acceptors (Lipinski definition) is 2. The second kappa shape index (κ2) is 6.60. The molecule has 0 aliphatic rings. The molecule has 0 bridgehead atoms. The van der Waals surface area contributed by atoms with Crippen LogP contribution in [0.2, 0.25) is 0 Å². The van der Waals surface area contributed by atoms with Crippen molar-refractivity contribution in [1.82, 2.24) is 10.6 Å². The lowest BCUT2D eigenvalue weighted by Gasteiger charge is -2.06. The van der Waals surface area contributed by atoms with Crippen LogP contribution < -0.4 is 10.6 Å². The number of nitrogens with one attached hydrogen (secondary N) is 2. The van der Waals surface area contributed by atoms with Crippen molar-refractivity contribution in [3.8, 4) is 0 Å². The highest BCUT2D eigenvalue weighted by atomic mass is 79.9. The van der Waals surface area contributed by atoms with E-state index >= 15 is 0 Å². The fourth-order valence-electron chi connectivity index (χ4n) is 1.18. The number of likely N-dealkylation sites (N-methyl/N-ethyl adjacent to an activating group) is 1. The van der Waals surface area contributed by atoms with E-state index < -0.39 is 0 Å². The molecule has 1 rings (SSSR count). The van der Waals surface area contributed by atoms with Gasteiger partial charge in [0.15, 0.2) is 0 Å². The van der Waals surface area contributed by atoms with Crippen molar-refractivity contribution in [2.24, 2.45) is 0 Å². The summed E-state index contributed by atoms with van der Waals surface area (Å²) in [5, 5.41) is 5.83. The Morgan fingerprint density at radius 3 is 2.81 bits per heavy atom. The zero-order chi connectivity index (χ0) is 12.0. The molecule has 0 saturated heterocycles. The topological polar surface area (TPSA) is 41.1 Å². The summed E-state index contributed by atoms with van der Waals surface area (Å²) in [6, 6.07) is 4.20. The maximum Gasteiger partial charge on any atom is 0.251 e. The van der Waals surface area contributed by atoms with Crippen molar-refractivity contribution in [1.29, 1.82) is 0 Å². The molecule has 88 valence electrons. The van der Waals surface area contributed by atoms with Crippen LogP contribution in [0, 0.1) is 5.82 Å². The lowest BCUT2D eigenvalue weighted by molar-refractivity contribution is 0.0954. The Morgan fingerprint density at radius 1 is 1.44 bits per heavy atom. The average molecular weight is 289 g/mol. The molecule has 1 aromatic rings. The lowest BCUT2D eigenvalue weighted by atomic mass is 10.2. The Kier molecular flexibility index (Phi) is 5.42. The molecule has 2 N–H and O–H groups in total. The first-order valence-corrected chi connectivity index (χ1v) is 5.88. The summed E-state index contributed by atoms with van der Waals surface area (Å²) < 4.78 is 13.2. The molecule has 0 spiro atoms. The minimum absolute atomic E-state index is 0.196. The van der Waals surface area contributed by atoms with Crippen LogP contribution in [0.25, 0.3) is 0 Å². The van der Waals surface area contributed by atoms with Crippen LogP contribution >= 0.6 is 15.9 Å². The SMILES string of the molecule is CCNCCNC(=O)c1ccc(F)c(Br)c1. The number of rotatable bonds is 5. The number of carbonyl (C=O) groups is 1. The minimum Gasteiger partial charge on any atom is -0.351 e. The zero-order valence-electron chi connectivity index (χ0n) is 9.02. The normalized spacial score (nSPS) is 10.2. The van der Waals surface area contributed by atoms with Crippen molar-refractivity contribution >= 4 is 21.8 Å². The molecule has 3 nitrogen and oxygen atoms in total. The van der Waals surface area contributed by atoms with Crippen LogP contribution in [-0.2, 0) is 0 Å². The highest BCUT2D eigenvalue weighted by Crippen LogP contribution is 2.16. The molecule has 0 aliphatic carbocycles. The van der Waals surface area contributed by atoms with Crippen LogP contribution in [0.3, 0.4) is 0 Å². The van der Waals surface area contributed by atoms with Gasteiger partial charge in [-0.25, -0.2) is 4.39 Å². The summed E-state index contributed by atoms with van der Waals surface area (Å²) in [7, 11) is 0. The predicted octanol–water partition coefficient (Wildman–Crippen LogP) is 1.93. The Bertz CT molecular complexity index is 371. The maximum absolute atomic E-state index is 12.9. The van der Waals surface area contributed by atoms with E-state index in [-0.39, 0.29) is 11.7 Å². The molecule has 0 radical (unpaired) electrons. The second-order valence-corrected chi connectivity index (χ2v) is 4.09. The van der Waals surface area contributed by atoms with Crippen LogP contribution in [0.4, 0.5) is 4.39 Å². The van der Waals surface area contributed by atoms with E-state index in [4.69, 9.17) is 0 Å². The quantitative estimate of drug-likeness (QED) is 0.813. The zero-order valence-corrected chi connectivity index (χ0v) is 10.6. The largest absolute Gasteiger partial charge is 0.351 e. The fraction of sp³-hybridized carbons (Fsp3) is 0.364. The van der Waals surface area contributed by atoms with E-state index in [0.29, 0.717) is 16.6 Å². The number of amides is 1. The molecule has 0 heterocycles. The molecule has 0 fully saturated rings. The van der Waals surface area contributed by atoms with Crippen molar-refractivity contribution in [3.63, 3.8) is 0 Å². The molecule has 0 saturated carbocycles. The summed E-state index contributed by atoms with van der Waals surface area (Å²) in [5.74, 6) is -0.567. The van der Waals surface area contributed by atoms with Gasteiger partial charge in [-0.1, -0.05) is 6.92 Å². The van der Waals surface area contributed by atoms with Gasteiger partial charge in [-0.2, -0.15) is 0 Å². The highest BCUT2D eigenvalue weighted by molar-refractivity contribution is 9.10. The van der Waals surface area contributed by atoms with E-state index in [1.807, 2.05) is 6.92 Å². The molecular weight excluding hydrogens is 275 g/mol. The predicted molar refractivity (Wildman–Crippen MR) is 65.0 cm³/mol. The number of hydrogen-bond donors (Lipinski definition) is 2. The van der Waals surface area contributed by atoms with Gasteiger partial charge in [-0.15, -0.1) is 0 Å². The smallest absolute Gasteiger partial charge is 0.251 e. The molecule has 5 heteroatoms. The van der Waals surface area contributed by atoms with Gasteiger partial charge < -0.3 is 10.6 Å². The summed E-state index contributed by atoms with van der Waals surface area (Å²) in [4.78, 5) is 11.6. The van der Waals surface area contributed by atoms with E-state index in [2.05, 4.69) is 26.6 Å². The van der Waals surface area contributed by atoms with Gasteiger partial charge in [0.2, 0.25) is 0 Å². The third-order valence-corrected chi connectivity index (χ3v) is 2.63. The van der Waals surface area contributed by atoms with Crippen molar-refractivity contribution in [2.45, 2.75) is 6.92 Å². The minimum atomic E-state index is -0.371. The van der Waals surface area contributed by atoms with E-state index in [1.165, 1.54) is 18.2 Å². The summed E-state index contributed by atoms with van der Waals surface area (Å²) in [5.41, 5.74) is 0.449. The monoisotopic (exact) mass is 288 g/mol.